The topological polar surface area (TPSA) is 43.1 Å². The van der Waals surface area contributed by atoms with E-state index in [1.54, 1.807) is 0 Å². The van der Waals surface area contributed by atoms with Gasteiger partial charge in [-0.25, -0.2) is 0 Å². The third-order valence-corrected chi connectivity index (χ3v) is 1.04. The molecule has 0 aromatic carbocycles. The van der Waals surface area contributed by atoms with Crippen molar-refractivity contribution in [1.82, 2.24) is 0 Å². The van der Waals surface area contributed by atoms with Crippen LogP contribution in [0, 0.1) is 0 Å². The molecule has 0 unspecified atom stereocenters. The van der Waals surface area contributed by atoms with E-state index in [1.807, 2.05) is 0 Å². The van der Waals surface area contributed by atoms with Crippen LogP contribution < -0.4 is 5.73 Å². The van der Waals surface area contributed by atoms with Crippen LogP contribution in [0.5, 0.6) is 0 Å². The van der Waals surface area contributed by atoms with Crippen molar-refractivity contribution in [3.05, 3.63) is 0 Å². The van der Waals surface area contributed by atoms with Crippen LogP contribution >= 0.6 is 0 Å². The van der Waals surface area contributed by atoms with Gasteiger partial charge in [-0.05, 0) is 19.0 Å². The Morgan fingerprint density at radius 1 is 1.67 bits per heavy atom. The number of rotatable bonds is 3. The van der Waals surface area contributed by atoms with Gasteiger partial charge in [-0.2, -0.15) is 0 Å². The summed E-state index contributed by atoms with van der Waals surface area (Å²) in [5.74, 6) is 0. The molecular formula is C3H8NOSi. The van der Waals surface area contributed by atoms with Crippen molar-refractivity contribution in [2.75, 3.05) is 6.54 Å². The smallest absolute Gasteiger partial charge is 0.325 e. The molecule has 3 heteroatoms. The molecule has 0 aromatic rings. The van der Waals surface area contributed by atoms with Crippen LogP contribution in [-0.2, 0) is 4.46 Å². The minimum absolute atomic E-state index is 0.165. The molecule has 0 heterocycles. The van der Waals surface area contributed by atoms with Crippen LogP contribution in [0.25, 0.3) is 0 Å². The number of hydrogen-bond acceptors (Lipinski definition) is 2. The minimum Gasteiger partial charge on any atom is -0.385 e. The highest BCUT2D eigenvalue weighted by Gasteiger charge is 1.78. The van der Waals surface area contributed by atoms with Crippen molar-refractivity contribution in [1.29, 1.82) is 0 Å². The molecule has 6 heavy (non-hydrogen) atoms. The lowest BCUT2D eigenvalue weighted by Gasteiger charge is -1.78. The largest absolute Gasteiger partial charge is 0.385 e. The molecular weight excluding hydrogens is 94.1 g/mol. The van der Waals surface area contributed by atoms with Crippen molar-refractivity contribution in [2.45, 2.75) is 12.5 Å². The van der Waals surface area contributed by atoms with E-state index in [0.29, 0.717) is 6.54 Å². The maximum absolute atomic E-state index is 9.66. The Kier molecular flexibility index (Phi) is 4.96. The van der Waals surface area contributed by atoms with Crippen LogP contribution in [0.15, 0.2) is 0 Å². The summed E-state index contributed by atoms with van der Waals surface area (Å²) in [6.07, 6.45) is 0.891. The molecule has 0 atom stereocenters. The van der Waals surface area contributed by atoms with Gasteiger partial charge in [-0.3, -0.25) is 0 Å². The summed E-state index contributed by atoms with van der Waals surface area (Å²) in [5.41, 5.74) is 5.08. The summed E-state index contributed by atoms with van der Waals surface area (Å²) < 4.78 is 9.66. The summed E-state index contributed by atoms with van der Waals surface area (Å²) in [4.78, 5) is 0. The second kappa shape index (κ2) is 4.98. The number of hydrogen-bond donors (Lipinski definition) is 1. The molecule has 0 rings (SSSR count). The first-order chi connectivity index (χ1) is 2.91. The molecule has 0 bridgehead atoms. The lowest BCUT2D eigenvalue weighted by atomic mass is 10.5. The second-order valence-electron chi connectivity index (χ2n) is 1.04. The lowest BCUT2D eigenvalue weighted by molar-refractivity contribution is 0.574. The van der Waals surface area contributed by atoms with Crippen LogP contribution in [-0.4, -0.2) is 16.0 Å². The molecule has 2 nitrogen and oxygen atoms in total. The Labute approximate surface area is 39.6 Å². The van der Waals surface area contributed by atoms with Crippen LogP contribution in [0.2, 0.25) is 6.04 Å². The van der Waals surface area contributed by atoms with Gasteiger partial charge in [-0.1, -0.05) is 0 Å². The third kappa shape index (κ3) is 3.98. The fourth-order valence-electron chi connectivity index (χ4n) is 0.174. The van der Waals surface area contributed by atoms with Crippen molar-refractivity contribution in [3.63, 3.8) is 0 Å². The zero-order valence-corrected chi connectivity index (χ0v) is 4.61. The van der Waals surface area contributed by atoms with E-state index in [2.05, 4.69) is 0 Å². The van der Waals surface area contributed by atoms with Crippen molar-refractivity contribution < 1.29 is 4.46 Å². The fourth-order valence-corrected chi connectivity index (χ4v) is 0.523. The van der Waals surface area contributed by atoms with Gasteiger partial charge in [0.15, 0.2) is 0 Å². The molecule has 0 aliphatic rings. The van der Waals surface area contributed by atoms with Gasteiger partial charge in [-0.15, -0.1) is 0 Å². The van der Waals surface area contributed by atoms with Gasteiger partial charge in [0.25, 0.3) is 0 Å². The van der Waals surface area contributed by atoms with Gasteiger partial charge in [0.1, 0.15) is 0 Å². The standard InChI is InChI=1S/C3H8NOSi/c4-2-1-3-6-5/h1-4H2. The zero-order valence-electron chi connectivity index (χ0n) is 3.61. The van der Waals surface area contributed by atoms with E-state index in [9.17, 15) is 4.46 Å². The average molecular weight is 102 g/mol. The Morgan fingerprint density at radius 3 is 2.50 bits per heavy atom. The summed E-state index contributed by atoms with van der Waals surface area (Å²) in [6.45, 7) is 0.662. The Balaban J connectivity index is 2.49. The molecule has 0 fully saturated rings. The van der Waals surface area contributed by atoms with E-state index in [0.717, 1.165) is 12.5 Å². The lowest BCUT2D eigenvalue weighted by Crippen LogP contribution is -1.97. The molecule has 0 saturated heterocycles. The fraction of sp³-hybridized carbons (Fsp3) is 1.00. The Bertz CT molecular complexity index is 39.8. The van der Waals surface area contributed by atoms with E-state index in [1.165, 1.54) is 0 Å². The minimum atomic E-state index is -0.165. The van der Waals surface area contributed by atoms with Crippen molar-refractivity contribution in [3.8, 4) is 0 Å². The quantitative estimate of drug-likeness (QED) is 0.396. The molecule has 35 valence electrons. The predicted molar refractivity (Wildman–Crippen MR) is 24.9 cm³/mol. The van der Waals surface area contributed by atoms with Crippen LogP contribution in [0.4, 0.5) is 0 Å². The van der Waals surface area contributed by atoms with Crippen molar-refractivity contribution >= 4 is 9.41 Å². The number of nitrogens with two attached hydrogens (primary N) is 1. The average Bonchev–Trinajstić information content (AvgIpc) is 1.61. The van der Waals surface area contributed by atoms with Gasteiger partial charge in [0.2, 0.25) is 0 Å². The van der Waals surface area contributed by atoms with Gasteiger partial charge in [0, 0.05) is 0 Å². The highest BCUT2D eigenvalue weighted by atomic mass is 28.2. The van der Waals surface area contributed by atoms with E-state index >= 15 is 0 Å². The Morgan fingerprint density at radius 2 is 2.33 bits per heavy atom. The molecule has 0 aliphatic heterocycles. The first kappa shape index (κ1) is 5.98. The highest BCUT2D eigenvalue weighted by Crippen LogP contribution is 1.76. The molecule has 0 aromatic heterocycles. The molecule has 0 amide bonds. The van der Waals surface area contributed by atoms with E-state index in [4.69, 9.17) is 5.73 Å². The summed E-state index contributed by atoms with van der Waals surface area (Å²) in [7, 11) is -0.165. The molecule has 0 spiro atoms. The summed E-state index contributed by atoms with van der Waals surface area (Å²) >= 11 is 0. The monoisotopic (exact) mass is 102 g/mol. The van der Waals surface area contributed by atoms with Crippen molar-refractivity contribution in [2.24, 2.45) is 5.73 Å². The summed E-state index contributed by atoms with van der Waals surface area (Å²) in [5, 5.41) is 0. The zero-order chi connectivity index (χ0) is 4.83. The van der Waals surface area contributed by atoms with E-state index < -0.39 is 0 Å². The normalized spacial score (nSPS) is 8.17. The van der Waals surface area contributed by atoms with E-state index in [-0.39, 0.29) is 9.41 Å². The van der Waals surface area contributed by atoms with Crippen LogP contribution in [0.3, 0.4) is 0 Å². The Hall–Kier alpha value is -0.0231. The first-order valence-electron chi connectivity index (χ1n) is 1.97. The molecule has 1 radical (unpaired) electrons. The maximum Gasteiger partial charge on any atom is 0.325 e. The SMILES string of the molecule is NCCC[Si]=O. The molecule has 2 N–H and O–H groups in total. The summed E-state index contributed by atoms with van der Waals surface area (Å²) in [6, 6.07) is 0.760. The first-order valence-corrected chi connectivity index (χ1v) is 3.08. The van der Waals surface area contributed by atoms with Gasteiger partial charge >= 0.3 is 9.41 Å². The predicted octanol–water partition coefficient (Wildman–Crippen LogP) is -0.197. The molecule has 0 saturated carbocycles. The van der Waals surface area contributed by atoms with Gasteiger partial charge < -0.3 is 10.2 Å². The van der Waals surface area contributed by atoms with Crippen LogP contribution in [0.1, 0.15) is 6.42 Å². The van der Waals surface area contributed by atoms with Gasteiger partial charge in [0.05, 0.1) is 0 Å². The highest BCUT2D eigenvalue weighted by molar-refractivity contribution is 6.16. The maximum atomic E-state index is 9.66. The third-order valence-electron chi connectivity index (χ3n) is 0.483. The molecule has 0 aliphatic carbocycles. The second-order valence-corrected chi connectivity index (χ2v) is 1.83.